The zero-order chi connectivity index (χ0) is 20.8. The lowest BCUT2D eigenvalue weighted by atomic mass is 9.74. The van der Waals surface area contributed by atoms with Crippen LogP contribution in [0.3, 0.4) is 0 Å². The van der Waals surface area contributed by atoms with Gasteiger partial charge in [0.25, 0.3) is 0 Å². The monoisotopic (exact) mass is 408 g/mol. The van der Waals surface area contributed by atoms with E-state index >= 15 is 0 Å². The van der Waals surface area contributed by atoms with Gasteiger partial charge in [-0.05, 0) is 12.8 Å². The highest BCUT2D eigenvalue weighted by atomic mass is 16.6. The van der Waals surface area contributed by atoms with Gasteiger partial charge in [0.1, 0.15) is 12.2 Å². The largest absolute Gasteiger partial charge is 0.480 e. The van der Waals surface area contributed by atoms with Crippen LogP contribution >= 0.6 is 0 Å². The Morgan fingerprint density at radius 2 is 1.18 bits per heavy atom. The summed E-state index contributed by atoms with van der Waals surface area (Å²) in [6.45, 7) is 3.77. The molecule has 164 valence electrons. The maximum absolute atomic E-state index is 10.7. The number of ether oxygens (including phenoxy) is 4. The van der Waals surface area contributed by atoms with E-state index in [1.165, 1.54) is 0 Å². The van der Waals surface area contributed by atoms with Crippen LogP contribution in [-0.4, -0.2) is 97.4 Å². The van der Waals surface area contributed by atoms with Crippen LogP contribution in [0.4, 0.5) is 0 Å². The summed E-state index contributed by atoms with van der Waals surface area (Å²) in [5, 5.41) is 34.5. The zero-order valence-corrected chi connectivity index (χ0v) is 16.1. The van der Waals surface area contributed by atoms with Gasteiger partial charge in [0, 0.05) is 0 Å². The Kier molecular flexibility index (Phi) is 12.2. The normalized spacial score (nSPS) is 26.6. The van der Waals surface area contributed by atoms with Crippen molar-refractivity contribution in [2.75, 3.05) is 52.9 Å². The van der Waals surface area contributed by atoms with E-state index in [1.54, 1.807) is 0 Å². The van der Waals surface area contributed by atoms with Crippen molar-refractivity contribution >= 4 is 11.9 Å². The van der Waals surface area contributed by atoms with Gasteiger partial charge in [-0.3, -0.25) is 9.59 Å². The van der Waals surface area contributed by atoms with Crippen molar-refractivity contribution in [3.8, 4) is 0 Å². The average Bonchev–Trinajstić information content (AvgIpc) is 2.76. The van der Waals surface area contributed by atoms with Gasteiger partial charge >= 0.3 is 11.9 Å². The molecule has 3 aliphatic rings. The molecule has 0 aromatic carbocycles. The lowest BCUT2D eigenvalue weighted by Crippen LogP contribution is -2.40. The number of rotatable bonds is 4. The summed E-state index contributed by atoms with van der Waals surface area (Å²) in [4.78, 5) is 21.5. The minimum absolute atomic E-state index is 0.0694. The number of hydrogen-bond donors (Lipinski definition) is 4. The van der Waals surface area contributed by atoms with E-state index in [-0.39, 0.29) is 38.3 Å². The molecule has 3 fully saturated rings. The number of aliphatic hydroxyl groups is 2. The van der Waals surface area contributed by atoms with Gasteiger partial charge in [-0.15, -0.1) is 0 Å². The second-order valence-corrected chi connectivity index (χ2v) is 6.75. The molecule has 3 rings (SSSR count). The molecule has 28 heavy (non-hydrogen) atoms. The molecule has 10 heteroatoms. The predicted molar refractivity (Wildman–Crippen MR) is 96.1 cm³/mol. The molecule has 0 radical (unpaired) electrons. The van der Waals surface area contributed by atoms with E-state index in [9.17, 15) is 9.59 Å². The number of carbonyl (C=O) groups is 2. The van der Waals surface area contributed by atoms with Crippen molar-refractivity contribution in [1.82, 2.24) is 0 Å². The molecule has 10 nitrogen and oxygen atoms in total. The topological polar surface area (TPSA) is 152 Å². The van der Waals surface area contributed by atoms with Gasteiger partial charge in [-0.25, -0.2) is 0 Å². The van der Waals surface area contributed by atoms with Gasteiger partial charge in [-0.2, -0.15) is 0 Å². The van der Waals surface area contributed by atoms with Crippen molar-refractivity contribution in [3.05, 3.63) is 0 Å². The molecule has 4 N–H and O–H groups in total. The Labute approximate surface area is 164 Å². The van der Waals surface area contributed by atoms with Crippen LogP contribution in [0.25, 0.3) is 0 Å². The van der Waals surface area contributed by atoms with Crippen molar-refractivity contribution in [3.63, 3.8) is 0 Å². The van der Waals surface area contributed by atoms with Gasteiger partial charge < -0.3 is 39.4 Å². The van der Waals surface area contributed by atoms with Crippen molar-refractivity contribution in [1.29, 1.82) is 0 Å². The first-order chi connectivity index (χ1) is 13.5. The number of carboxylic acids is 2. The predicted octanol–water partition coefficient (Wildman–Crippen LogP) is -0.106. The molecule has 0 amide bonds. The lowest BCUT2D eigenvalue weighted by Gasteiger charge is -2.28. The first-order valence-electron chi connectivity index (χ1n) is 9.53. The van der Waals surface area contributed by atoms with Crippen LogP contribution in [-0.2, 0) is 28.5 Å². The molecule has 2 saturated heterocycles. The molecular weight excluding hydrogens is 376 g/mol. The van der Waals surface area contributed by atoms with Crippen molar-refractivity contribution in [2.45, 2.75) is 44.3 Å². The molecule has 2 aliphatic heterocycles. The Morgan fingerprint density at radius 3 is 1.39 bits per heavy atom. The fourth-order valence-electron chi connectivity index (χ4n) is 2.96. The third kappa shape index (κ3) is 8.38. The van der Waals surface area contributed by atoms with Crippen LogP contribution in [0.5, 0.6) is 0 Å². The second kappa shape index (κ2) is 13.8. The third-order valence-corrected chi connectivity index (χ3v) is 4.70. The summed E-state index contributed by atoms with van der Waals surface area (Å²) < 4.78 is 20.1. The van der Waals surface area contributed by atoms with Crippen LogP contribution in [0.2, 0.25) is 0 Å². The third-order valence-electron chi connectivity index (χ3n) is 4.70. The summed E-state index contributed by atoms with van der Waals surface area (Å²) in [5.41, 5.74) is -1.49. The minimum atomic E-state index is -1.49. The summed E-state index contributed by atoms with van der Waals surface area (Å²) in [6.07, 6.45) is 2.75. The number of aliphatic carboxylic acids is 2. The van der Waals surface area contributed by atoms with E-state index in [0.29, 0.717) is 52.5 Å². The Hall–Kier alpha value is -1.30. The van der Waals surface area contributed by atoms with Crippen LogP contribution in [0.1, 0.15) is 32.1 Å². The highest BCUT2D eigenvalue weighted by Gasteiger charge is 2.46. The summed E-state index contributed by atoms with van der Waals surface area (Å²) in [7, 11) is 0. The van der Waals surface area contributed by atoms with Crippen LogP contribution in [0.15, 0.2) is 0 Å². The number of hydrogen-bond acceptors (Lipinski definition) is 8. The Balaban J connectivity index is 0.000000217. The Bertz CT molecular complexity index is 404. The first kappa shape index (κ1) is 24.7. The summed E-state index contributed by atoms with van der Waals surface area (Å²) in [6, 6.07) is 0. The van der Waals surface area contributed by atoms with Crippen molar-refractivity contribution < 1.29 is 49.0 Å². The summed E-state index contributed by atoms with van der Waals surface area (Å²) in [5.74, 6) is -2.37. The van der Waals surface area contributed by atoms with E-state index in [2.05, 4.69) is 0 Å². The fraction of sp³-hybridized carbons (Fsp3) is 0.889. The van der Waals surface area contributed by atoms with Crippen LogP contribution in [0, 0.1) is 5.41 Å². The molecule has 1 saturated carbocycles. The van der Waals surface area contributed by atoms with Gasteiger partial charge in [0.2, 0.25) is 0 Å². The maximum Gasteiger partial charge on any atom is 0.321 e. The van der Waals surface area contributed by atoms with Crippen LogP contribution < -0.4 is 0 Å². The second-order valence-electron chi connectivity index (χ2n) is 6.75. The molecule has 2 atom stereocenters. The first-order valence-corrected chi connectivity index (χ1v) is 9.53. The number of carboxylic acid groups (broad SMARTS) is 2. The zero-order valence-electron chi connectivity index (χ0n) is 16.1. The molecule has 0 spiro atoms. The molecule has 1 aliphatic carbocycles. The van der Waals surface area contributed by atoms with E-state index < -0.39 is 17.4 Å². The summed E-state index contributed by atoms with van der Waals surface area (Å²) >= 11 is 0. The fourth-order valence-corrected chi connectivity index (χ4v) is 2.96. The highest BCUT2D eigenvalue weighted by molar-refractivity contribution is 5.98. The van der Waals surface area contributed by atoms with Crippen molar-refractivity contribution in [2.24, 2.45) is 5.41 Å². The smallest absolute Gasteiger partial charge is 0.321 e. The van der Waals surface area contributed by atoms with Gasteiger partial charge in [0.15, 0.2) is 5.41 Å². The lowest BCUT2D eigenvalue weighted by molar-refractivity contribution is -0.167. The molecule has 0 bridgehead atoms. The molecule has 2 heterocycles. The standard InChI is InChI=1S/C8H12O4.2C5H10O3/c9-6(10)8(7(11)12)4-2-1-3-5-8;2*6-3-5-4-7-1-2-8-5/h1-5H2,(H,9,10)(H,11,12);2*5-6H,1-4H2. The van der Waals surface area contributed by atoms with E-state index in [0.717, 1.165) is 6.42 Å². The van der Waals surface area contributed by atoms with Gasteiger partial charge in [-0.1, -0.05) is 19.3 Å². The van der Waals surface area contributed by atoms with Gasteiger partial charge in [0.05, 0.1) is 52.9 Å². The highest BCUT2D eigenvalue weighted by Crippen LogP contribution is 2.36. The molecule has 0 aromatic heterocycles. The quantitative estimate of drug-likeness (QED) is 0.464. The SMILES string of the molecule is O=C(O)C1(C(=O)O)CCCCC1.OCC1COCCO1.OCC1COCCO1. The average molecular weight is 408 g/mol. The number of aliphatic hydroxyl groups excluding tert-OH is 2. The van der Waals surface area contributed by atoms with E-state index in [1.807, 2.05) is 0 Å². The molecular formula is C18H32O10. The maximum atomic E-state index is 10.7. The molecule has 0 aromatic rings. The minimum Gasteiger partial charge on any atom is -0.480 e. The Morgan fingerprint density at radius 1 is 0.750 bits per heavy atom. The molecule has 2 unspecified atom stereocenters. The van der Waals surface area contributed by atoms with E-state index in [4.69, 9.17) is 39.4 Å².